The second-order valence-electron chi connectivity index (χ2n) is 5.25. The Balaban J connectivity index is 1.90. The zero-order chi connectivity index (χ0) is 10.0. The first-order valence-corrected chi connectivity index (χ1v) is 6.17. The van der Waals surface area contributed by atoms with Crippen LogP contribution in [0.25, 0.3) is 0 Å². The van der Waals surface area contributed by atoms with Crippen molar-refractivity contribution in [1.82, 2.24) is 10.2 Å². The molecular weight excluding hydrogens is 172 g/mol. The molecule has 82 valence electrons. The fraction of sp³-hybridized carbons (Fsp3) is 1.00. The van der Waals surface area contributed by atoms with Crippen LogP contribution in [0.1, 0.15) is 45.4 Å². The maximum absolute atomic E-state index is 3.41. The summed E-state index contributed by atoms with van der Waals surface area (Å²) in [5, 5.41) is 3.41. The van der Waals surface area contributed by atoms with Gasteiger partial charge in [0.1, 0.15) is 0 Å². The fourth-order valence-corrected chi connectivity index (χ4v) is 3.10. The summed E-state index contributed by atoms with van der Waals surface area (Å²) in [7, 11) is 2.10. The van der Waals surface area contributed by atoms with Gasteiger partial charge in [0.15, 0.2) is 0 Å². The Labute approximate surface area is 88.1 Å². The average molecular weight is 196 g/mol. The monoisotopic (exact) mass is 196 g/mol. The minimum atomic E-state index is 0.532. The highest BCUT2D eigenvalue weighted by atomic mass is 15.2. The van der Waals surface area contributed by atoms with Crippen LogP contribution < -0.4 is 5.32 Å². The van der Waals surface area contributed by atoms with Crippen molar-refractivity contribution in [3.8, 4) is 0 Å². The van der Waals surface area contributed by atoms with Crippen molar-refractivity contribution in [1.29, 1.82) is 0 Å². The van der Waals surface area contributed by atoms with Crippen LogP contribution >= 0.6 is 0 Å². The van der Waals surface area contributed by atoms with Crippen LogP contribution in [0.3, 0.4) is 0 Å². The summed E-state index contributed by atoms with van der Waals surface area (Å²) >= 11 is 0. The van der Waals surface area contributed by atoms with Gasteiger partial charge in [-0.3, -0.25) is 4.90 Å². The minimum Gasteiger partial charge on any atom is -0.317 e. The van der Waals surface area contributed by atoms with Gasteiger partial charge in [-0.25, -0.2) is 0 Å². The van der Waals surface area contributed by atoms with Crippen molar-refractivity contribution in [3.05, 3.63) is 0 Å². The van der Waals surface area contributed by atoms with E-state index in [1.165, 1.54) is 51.6 Å². The first-order valence-electron chi connectivity index (χ1n) is 6.17. The molecule has 1 heterocycles. The van der Waals surface area contributed by atoms with Gasteiger partial charge in [-0.15, -0.1) is 0 Å². The molecule has 0 amide bonds. The van der Waals surface area contributed by atoms with E-state index in [9.17, 15) is 0 Å². The van der Waals surface area contributed by atoms with E-state index in [0.29, 0.717) is 5.54 Å². The maximum atomic E-state index is 3.41. The predicted octanol–water partition coefficient (Wildman–Crippen LogP) is 2.00. The molecule has 2 fully saturated rings. The molecule has 0 aromatic carbocycles. The third-order valence-corrected chi connectivity index (χ3v) is 4.34. The molecule has 0 aromatic heterocycles. The number of likely N-dealkylation sites (tertiary alicyclic amines) is 1. The van der Waals surface area contributed by atoms with Crippen molar-refractivity contribution < 1.29 is 0 Å². The van der Waals surface area contributed by atoms with Crippen LogP contribution in [0.5, 0.6) is 0 Å². The SMILES string of the molecule is CNC1CCC(C)(N2CCCC2)CC1. The van der Waals surface area contributed by atoms with E-state index in [4.69, 9.17) is 0 Å². The van der Waals surface area contributed by atoms with Gasteiger partial charge in [-0.05, 0) is 65.6 Å². The Kier molecular flexibility index (Phi) is 3.13. The van der Waals surface area contributed by atoms with Crippen molar-refractivity contribution in [2.45, 2.75) is 57.0 Å². The molecule has 1 saturated carbocycles. The number of nitrogens with one attached hydrogen (secondary N) is 1. The smallest absolute Gasteiger partial charge is 0.0182 e. The lowest BCUT2D eigenvalue weighted by Crippen LogP contribution is -2.49. The molecule has 0 bridgehead atoms. The fourth-order valence-electron chi connectivity index (χ4n) is 3.10. The lowest BCUT2D eigenvalue weighted by atomic mass is 9.79. The Morgan fingerprint density at radius 1 is 1.14 bits per heavy atom. The largest absolute Gasteiger partial charge is 0.317 e. The summed E-state index contributed by atoms with van der Waals surface area (Å²) in [4.78, 5) is 2.74. The molecule has 2 heteroatoms. The van der Waals surface area contributed by atoms with Gasteiger partial charge in [0.05, 0.1) is 0 Å². The Morgan fingerprint density at radius 2 is 1.71 bits per heavy atom. The maximum Gasteiger partial charge on any atom is 0.0182 e. The molecule has 0 atom stereocenters. The molecule has 2 aliphatic rings. The van der Waals surface area contributed by atoms with Gasteiger partial charge in [0.2, 0.25) is 0 Å². The van der Waals surface area contributed by atoms with E-state index in [1.807, 2.05) is 0 Å². The van der Waals surface area contributed by atoms with Crippen molar-refractivity contribution in [2.24, 2.45) is 0 Å². The van der Waals surface area contributed by atoms with Crippen LogP contribution in [0.2, 0.25) is 0 Å². The van der Waals surface area contributed by atoms with E-state index < -0.39 is 0 Å². The lowest BCUT2D eigenvalue weighted by molar-refractivity contribution is 0.0809. The Morgan fingerprint density at radius 3 is 2.21 bits per heavy atom. The van der Waals surface area contributed by atoms with Crippen LogP contribution in [-0.4, -0.2) is 36.6 Å². The molecule has 2 rings (SSSR count). The molecule has 0 aromatic rings. The summed E-state index contributed by atoms with van der Waals surface area (Å²) in [6, 6.07) is 0.783. The van der Waals surface area contributed by atoms with Crippen molar-refractivity contribution >= 4 is 0 Å². The highest BCUT2D eigenvalue weighted by Crippen LogP contribution is 2.35. The first-order chi connectivity index (χ1) is 6.74. The Hall–Kier alpha value is -0.0800. The normalized spacial score (nSPS) is 40.3. The number of rotatable bonds is 2. The molecule has 0 spiro atoms. The summed E-state index contributed by atoms with van der Waals surface area (Å²) in [6.07, 6.45) is 8.35. The summed E-state index contributed by atoms with van der Waals surface area (Å²) in [5.41, 5.74) is 0.532. The number of hydrogen-bond acceptors (Lipinski definition) is 2. The molecule has 1 aliphatic carbocycles. The van der Waals surface area contributed by atoms with E-state index >= 15 is 0 Å². The van der Waals surface area contributed by atoms with Gasteiger partial charge in [-0.1, -0.05) is 0 Å². The van der Waals surface area contributed by atoms with E-state index in [1.54, 1.807) is 0 Å². The van der Waals surface area contributed by atoms with Gasteiger partial charge in [0, 0.05) is 11.6 Å². The standard InChI is InChI=1S/C12H24N2/c1-12(14-9-3-4-10-14)7-5-11(13-2)6-8-12/h11,13H,3-10H2,1-2H3. The molecule has 0 radical (unpaired) electrons. The second kappa shape index (κ2) is 4.19. The summed E-state index contributed by atoms with van der Waals surface area (Å²) in [5.74, 6) is 0. The summed E-state index contributed by atoms with van der Waals surface area (Å²) < 4.78 is 0. The molecule has 2 nitrogen and oxygen atoms in total. The molecule has 14 heavy (non-hydrogen) atoms. The molecule has 1 N–H and O–H groups in total. The molecule has 1 saturated heterocycles. The number of nitrogens with zero attached hydrogens (tertiary/aromatic N) is 1. The van der Waals surface area contributed by atoms with E-state index in [2.05, 4.69) is 24.2 Å². The third-order valence-electron chi connectivity index (χ3n) is 4.34. The first kappa shape index (κ1) is 10.4. The topological polar surface area (TPSA) is 15.3 Å². The van der Waals surface area contributed by atoms with Crippen molar-refractivity contribution in [2.75, 3.05) is 20.1 Å². The molecular formula is C12H24N2. The molecule has 1 aliphatic heterocycles. The summed E-state index contributed by atoms with van der Waals surface area (Å²) in [6.45, 7) is 5.17. The van der Waals surface area contributed by atoms with Crippen LogP contribution in [0.4, 0.5) is 0 Å². The van der Waals surface area contributed by atoms with Crippen LogP contribution in [0, 0.1) is 0 Å². The average Bonchev–Trinajstić information content (AvgIpc) is 2.72. The highest BCUT2D eigenvalue weighted by molar-refractivity contribution is 4.94. The second-order valence-corrected chi connectivity index (χ2v) is 5.25. The third kappa shape index (κ3) is 1.96. The van der Waals surface area contributed by atoms with E-state index in [-0.39, 0.29) is 0 Å². The van der Waals surface area contributed by atoms with Crippen LogP contribution in [0.15, 0.2) is 0 Å². The van der Waals surface area contributed by atoms with Gasteiger partial charge < -0.3 is 5.32 Å². The quantitative estimate of drug-likeness (QED) is 0.727. The molecule has 0 unspecified atom stereocenters. The van der Waals surface area contributed by atoms with Crippen LogP contribution in [-0.2, 0) is 0 Å². The minimum absolute atomic E-state index is 0.532. The highest BCUT2D eigenvalue weighted by Gasteiger charge is 2.36. The lowest BCUT2D eigenvalue weighted by Gasteiger charge is -2.44. The van der Waals surface area contributed by atoms with E-state index in [0.717, 1.165) is 6.04 Å². The number of hydrogen-bond donors (Lipinski definition) is 1. The zero-order valence-electron chi connectivity index (χ0n) is 9.68. The van der Waals surface area contributed by atoms with Crippen molar-refractivity contribution in [3.63, 3.8) is 0 Å². The predicted molar refractivity (Wildman–Crippen MR) is 60.5 cm³/mol. The van der Waals surface area contributed by atoms with Gasteiger partial charge >= 0.3 is 0 Å². The Bertz CT molecular complexity index is 177. The zero-order valence-corrected chi connectivity index (χ0v) is 9.68. The van der Waals surface area contributed by atoms with Gasteiger partial charge in [0.25, 0.3) is 0 Å². The van der Waals surface area contributed by atoms with Gasteiger partial charge in [-0.2, -0.15) is 0 Å².